The van der Waals surface area contributed by atoms with Gasteiger partial charge < -0.3 is 11.1 Å². The molecule has 0 aliphatic heterocycles. The first-order chi connectivity index (χ1) is 9.15. The lowest BCUT2D eigenvalue weighted by Gasteiger charge is -2.08. The predicted octanol–water partition coefficient (Wildman–Crippen LogP) is 4.45. The molecule has 3 nitrogen and oxygen atoms in total. The van der Waals surface area contributed by atoms with Crippen molar-refractivity contribution in [1.29, 1.82) is 0 Å². The Morgan fingerprint density at radius 1 is 1.26 bits per heavy atom. The van der Waals surface area contributed by atoms with Crippen molar-refractivity contribution in [3.05, 3.63) is 45.6 Å². The minimum Gasteiger partial charge on any atom is -0.397 e. The van der Waals surface area contributed by atoms with E-state index in [4.69, 9.17) is 17.3 Å². The van der Waals surface area contributed by atoms with Crippen molar-refractivity contribution >= 4 is 61.0 Å². The van der Waals surface area contributed by atoms with Crippen LogP contribution in [0.2, 0.25) is 5.02 Å². The molecule has 1 aromatic carbocycles. The Labute approximate surface area is 122 Å². The molecule has 0 atom stereocenters. The molecular formula is C13H9ClN2OS2. The molecule has 0 saturated heterocycles. The third-order valence-electron chi connectivity index (χ3n) is 2.65. The Morgan fingerprint density at radius 3 is 2.84 bits per heavy atom. The molecular weight excluding hydrogens is 300 g/mol. The summed E-state index contributed by atoms with van der Waals surface area (Å²) < 4.78 is 2.23. The number of carbonyl (C=O) groups is 1. The van der Waals surface area contributed by atoms with Crippen LogP contribution in [0.25, 0.3) is 9.40 Å². The number of para-hydroxylation sites is 1. The number of anilines is 2. The Bertz CT molecular complexity index is 714. The highest BCUT2D eigenvalue weighted by atomic mass is 35.5. The van der Waals surface area contributed by atoms with Crippen LogP contribution < -0.4 is 11.1 Å². The van der Waals surface area contributed by atoms with Gasteiger partial charge in [0, 0.05) is 9.40 Å². The maximum absolute atomic E-state index is 12.2. The molecule has 0 spiro atoms. The van der Waals surface area contributed by atoms with E-state index in [0.717, 1.165) is 9.40 Å². The van der Waals surface area contributed by atoms with E-state index in [1.165, 1.54) is 11.3 Å². The Balaban J connectivity index is 1.91. The van der Waals surface area contributed by atoms with Gasteiger partial charge in [-0.2, -0.15) is 0 Å². The third-order valence-corrected chi connectivity index (χ3v) is 5.05. The highest BCUT2D eigenvalue weighted by Crippen LogP contribution is 2.32. The van der Waals surface area contributed by atoms with Crippen molar-refractivity contribution in [1.82, 2.24) is 0 Å². The number of benzene rings is 1. The number of nitrogens with one attached hydrogen (secondary N) is 1. The van der Waals surface area contributed by atoms with E-state index in [-0.39, 0.29) is 5.91 Å². The van der Waals surface area contributed by atoms with Gasteiger partial charge in [-0.3, -0.25) is 4.79 Å². The summed E-state index contributed by atoms with van der Waals surface area (Å²) in [6.45, 7) is 0. The van der Waals surface area contributed by atoms with E-state index >= 15 is 0 Å². The molecule has 2 heterocycles. The molecule has 0 saturated carbocycles. The lowest BCUT2D eigenvalue weighted by Crippen LogP contribution is -2.12. The Morgan fingerprint density at radius 2 is 2.11 bits per heavy atom. The summed E-state index contributed by atoms with van der Waals surface area (Å²) in [5, 5.41) is 5.21. The van der Waals surface area contributed by atoms with E-state index in [1.54, 1.807) is 29.5 Å². The van der Waals surface area contributed by atoms with Gasteiger partial charge in [-0.05, 0) is 29.6 Å². The summed E-state index contributed by atoms with van der Waals surface area (Å²) in [7, 11) is 0. The van der Waals surface area contributed by atoms with Crippen LogP contribution in [0.3, 0.4) is 0 Å². The summed E-state index contributed by atoms with van der Waals surface area (Å²) in [5.41, 5.74) is 6.73. The molecule has 6 heteroatoms. The number of rotatable bonds is 2. The predicted molar refractivity (Wildman–Crippen MR) is 83.5 cm³/mol. The zero-order valence-corrected chi connectivity index (χ0v) is 12.0. The molecule has 3 rings (SSSR count). The molecule has 3 aromatic rings. The topological polar surface area (TPSA) is 55.1 Å². The van der Waals surface area contributed by atoms with E-state index in [1.807, 2.05) is 17.5 Å². The van der Waals surface area contributed by atoms with Crippen LogP contribution in [0.15, 0.2) is 35.7 Å². The van der Waals surface area contributed by atoms with Gasteiger partial charge in [0.2, 0.25) is 0 Å². The Hall–Kier alpha value is -1.56. The minimum absolute atomic E-state index is 0.187. The van der Waals surface area contributed by atoms with Crippen LogP contribution in [0.1, 0.15) is 9.67 Å². The first-order valence-electron chi connectivity index (χ1n) is 5.47. The van der Waals surface area contributed by atoms with Crippen molar-refractivity contribution in [2.24, 2.45) is 0 Å². The van der Waals surface area contributed by atoms with Crippen molar-refractivity contribution in [2.45, 2.75) is 0 Å². The highest BCUT2D eigenvalue weighted by molar-refractivity contribution is 7.27. The van der Waals surface area contributed by atoms with Crippen LogP contribution >= 0.6 is 34.3 Å². The lowest BCUT2D eigenvalue weighted by molar-refractivity contribution is 0.103. The van der Waals surface area contributed by atoms with Crippen LogP contribution in [0.5, 0.6) is 0 Å². The van der Waals surface area contributed by atoms with Crippen molar-refractivity contribution in [2.75, 3.05) is 11.1 Å². The molecule has 0 aliphatic carbocycles. The zero-order chi connectivity index (χ0) is 13.4. The molecule has 1 amide bonds. The molecule has 19 heavy (non-hydrogen) atoms. The second kappa shape index (κ2) is 4.85. The Kier molecular flexibility index (Phi) is 3.18. The number of thiophene rings is 2. The van der Waals surface area contributed by atoms with Crippen LogP contribution in [-0.2, 0) is 0 Å². The molecule has 0 bridgehead atoms. The smallest absolute Gasteiger partial charge is 0.265 e. The summed E-state index contributed by atoms with van der Waals surface area (Å²) in [6.07, 6.45) is 0. The van der Waals surface area contributed by atoms with Gasteiger partial charge in [0.15, 0.2) is 0 Å². The molecule has 0 radical (unpaired) electrons. The van der Waals surface area contributed by atoms with E-state index in [2.05, 4.69) is 5.32 Å². The summed E-state index contributed by atoms with van der Waals surface area (Å²) in [6, 6.07) is 9.03. The third kappa shape index (κ3) is 2.32. The normalized spacial score (nSPS) is 10.8. The number of hydrogen-bond donors (Lipinski definition) is 2. The van der Waals surface area contributed by atoms with Crippen molar-refractivity contribution in [3.63, 3.8) is 0 Å². The highest BCUT2D eigenvalue weighted by Gasteiger charge is 2.14. The second-order valence-electron chi connectivity index (χ2n) is 3.92. The zero-order valence-electron chi connectivity index (χ0n) is 9.64. The fourth-order valence-corrected chi connectivity index (χ4v) is 3.96. The van der Waals surface area contributed by atoms with E-state index < -0.39 is 0 Å². The van der Waals surface area contributed by atoms with Crippen molar-refractivity contribution < 1.29 is 4.79 Å². The van der Waals surface area contributed by atoms with Crippen LogP contribution in [0.4, 0.5) is 11.4 Å². The van der Waals surface area contributed by atoms with Crippen LogP contribution in [-0.4, -0.2) is 5.91 Å². The maximum Gasteiger partial charge on any atom is 0.265 e. The molecule has 0 fully saturated rings. The quantitative estimate of drug-likeness (QED) is 0.687. The number of halogens is 1. The van der Waals surface area contributed by atoms with Gasteiger partial charge in [0.1, 0.15) is 0 Å². The molecule has 2 aromatic heterocycles. The monoisotopic (exact) mass is 308 g/mol. The fraction of sp³-hybridized carbons (Fsp3) is 0. The number of nitrogens with two attached hydrogens (primary N) is 1. The van der Waals surface area contributed by atoms with E-state index in [0.29, 0.717) is 21.3 Å². The summed E-state index contributed by atoms with van der Waals surface area (Å²) in [4.78, 5) is 12.8. The maximum atomic E-state index is 12.2. The number of hydrogen-bond acceptors (Lipinski definition) is 4. The van der Waals surface area contributed by atoms with Gasteiger partial charge in [-0.25, -0.2) is 0 Å². The van der Waals surface area contributed by atoms with E-state index in [9.17, 15) is 4.79 Å². The summed E-state index contributed by atoms with van der Waals surface area (Å²) in [5.74, 6) is -0.187. The molecule has 0 aliphatic rings. The first-order valence-corrected chi connectivity index (χ1v) is 7.55. The largest absolute Gasteiger partial charge is 0.397 e. The average Bonchev–Trinajstić information content (AvgIpc) is 2.94. The summed E-state index contributed by atoms with van der Waals surface area (Å²) >= 11 is 9.10. The number of carbonyl (C=O) groups excluding carboxylic acids is 1. The average molecular weight is 309 g/mol. The second-order valence-corrected chi connectivity index (χ2v) is 6.36. The number of fused-ring (bicyclic) bond motifs is 1. The fourth-order valence-electron chi connectivity index (χ4n) is 1.73. The van der Waals surface area contributed by atoms with Gasteiger partial charge in [-0.1, -0.05) is 17.7 Å². The van der Waals surface area contributed by atoms with Gasteiger partial charge in [0.05, 0.1) is 21.3 Å². The number of amides is 1. The first kappa shape index (κ1) is 12.5. The lowest BCUT2D eigenvalue weighted by atomic mass is 10.2. The molecule has 0 unspecified atom stereocenters. The molecule has 96 valence electrons. The van der Waals surface area contributed by atoms with Crippen molar-refractivity contribution in [3.8, 4) is 0 Å². The van der Waals surface area contributed by atoms with Crippen LogP contribution in [0, 0.1) is 0 Å². The minimum atomic E-state index is -0.187. The van der Waals surface area contributed by atoms with Gasteiger partial charge in [-0.15, -0.1) is 22.7 Å². The SMILES string of the molecule is Nc1cccc(Cl)c1NC(=O)c1cc2sccc2s1. The number of nitrogen functional groups attached to an aromatic ring is 1. The van der Waals surface area contributed by atoms with Gasteiger partial charge in [0.25, 0.3) is 5.91 Å². The molecule has 3 N–H and O–H groups in total. The van der Waals surface area contributed by atoms with Gasteiger partial charge >= 0.3 is 0 Å². The standard InChI is InChI=1S/C13H9ClN2OS2/c14-7-2-1-3-8(15)12(7)16-13(17)11-6-10-9(19-11)4-5-18-10/h1-6H,15H2,(H,16,17).